The minimum Gasteiger partial charge on any atom is -0.339 e. The van der Waals surface area contributed by atoms with Crippen molar-refractivity contribution in [1.29, 1.82) is 0 Å². The average molecular weight is 470 g/mol. The molecule has 2 saturated heterocycles. The molecule has 7 nitrogen and oxygen atoms in total. The van der Waals surface area contributed by atoms with E-state index in [0.29, 0.717) is 30.6 Å². The van der Waals surface area contributed by atoms with Crippen LogP contribution >= 0.6 is 0 Å². The molecule has 2 aromatic rings. The summed E-state index contributed by atoms with van der Waals surface area (Å²) < 4.78 is 27.4. The van der Waals surface area contributed by atoms with Crippen molar-refractivity contribution in [2.75, 3.05) is 31.5 Å². The Kier molecular flexibility index (Phi) is 7.14. The number of hydrogen-bond acceptors (Lipinski definition) is 4. The normalized spacial score (nSPS) is 19.8. The highest BCUT2D eigenvalue weighted by Gasteiger charge is 2.33. The first kappa shape index (κ1) is 23.4. The predicted molar refractivity (Wildman–Crippen MR) is 127 cm³/mol. The lowest BCUT2D eigenvalue weighted by atomic mass is 9.98. The second-order valence-electron chi connectivity index (χ2n) is 8.93. The molecule has 33 heavy (non-hydrogen) atoms. The molecule has 0 radical (unpaired) electrons. The molecule has 1 N–H and O–H groups in total. The second kappa shape index (κ2) is 10.1. The fourth-order valence-electron chi connectivity index (χ4n) is 4.45. The molecule has 4 rings (SSSR count). The topological polar surface area (TPSA) is 86.8 Å². The van der Waals surface area contributed by atoms with Crippen LogP contribution in [0.25, 0.3) is 0 Å². The Bertz CT molecular complexity index is 1090. The van der Waals surface area contributed by atoms with Gasteiger partial charge in [0.1, 0.15) is 0 Å². The average Bonchev–Trinajstić information content (AvgIpc) is 2.85. The Morgan fingerprint density at radius 1 is 0.879 bits per heavy atom. The predicted octanol–water partition coefficient (Wildman–Crippen LogP) is 3.66. The summed E-state index contributed by atoms with van der Waals surface area (Å²) >= 11 is 0. The van der Waals surface area contributed by atoms with Crippen molar-refractivity contribution >= 4 is 27.5 Å². The van der Waals surface area contributed by atoms with E-state index in [1.165, 1.54) is 10.7 Å². The zero-order chi connectivity index (χ0) is 23.4. The lowest BCUT2D eigenvalue weighted by Gasteiger charge is -2.31. The van der Waals surface area contributed by atoms with Crippen LogP contribution in [0.15, 0.2) is 53.4 Å². The Labute approximate surface area is 195 Å². The van der Waals surface area contributed by atoms with E-state index in [0.717, 1.165) is 31.5 Å². The smallest absolute Gasteiger partial charge is 0.253 e. The van der Waals surface area contributed by atoms with Crippen LogP contribution in [0.1, 0.15) is 48.0 Å². The molecule has 176 valence electrons. The van der Waals surface area contributed by atoms with Gasteiger partial charge in [0, 0.05) is 37.4 Å². The molecule has 2 aromatic carbocycles. The number of likely N-dealkylation sites (tertiary alicyclic amines) is 1. The van der Waals surface area contributed by atoms with Gasteiger partial charge in [0.15, 0.2) is 0 Å². The number of carbonyl (C=O) groups excluding carboxylic acids is 2. The second-order valence-corrected chi connectivity index (χ2v) is 10.9. The summed E-state index contributed by atoms with van der Waals surface area (Å²) in [5.74, 6) is -0.598. The number of aryl methyl sites for hydroxylation is 1. The standard InChI is InChI=1S/C25H31N3O4S/c1-19-7-13-23(14-8-19)33(31,32)28-17-5-6-21(18-28)24(29)26-22-11-9-20(10-12-22)25(30)27-15-3-2-4-16-27/h7-14,21H,2-6,15-18H2,1H3,(H,26,29). The molecule has 0 bridgehead atoms. The Morgan fingerprint density at radius 2 is 1.55 bits per heavy atom. The molecule has 0 spiro atoms. The van der Waals surface area contributed by atoms with Gasteiger partial charge in [0.25, 0.3) is 5.91 Å². The zero-order valence-corrected chi connectivity index (χ0v) is 19.8. The summed E-state index contributed by atoms with van der Waals surface area (Å²) in [5, 5.41) is 2.89. The number of benzene rings is 2. The van der Waals surface area contributed by atoms with E-state index in [9.17, 15) is 18.0 Å². The Balaban J connectivity index is 1.38. The number of nitrogens with one attached hydrogen (secondary N) is 1. The molecule has 2 aliphatic heterocycles. The summed E-state index contributed by atoms with van der Waals surface area (Å²) in [7, 11) is -3.63. The van der Waals surface area contributed by atoms with Gasteiger partial charge in [0.05, 0.1) is 10.8 Å². The number of rotatable bonds is 5. The van der Waals surface area contributed by atoms with E-state index >= 15 is 0 Å². The lowest BCUT2D eigenvalue weighted by Crippen LogP contribution is -2.43. The lowest BCUT2D eigenvalue weighted by molar-refractivity contribution is -0.120. The third kappa shape index (κ3) is 5.45. The summed E-state index contributed by atoms with van der Waals surface area (Å²) in [6, 6.07) is 13.7. The van der Waals surface area contributed by atoms with Crippen molar-refractivity contribution in [1.82, 2.24) is 9.21 Å². The first-order valence-electron chi connectivity index (χ1n) is 11.6. The van der Waals surface area contributed by atoms with Crippen LogP contribution in [0.5, 0.6) is 0 Å². The van der Waals surface area contributed by atoms with Crippen LogP contribution in [0.4, 0.5) is 5.69 Å². The highest BCUT2D eigenvalue weighted by atomic mass is 32.2. The van der Waals surface area contributed by atoms with Crippen LogP contribution in [0, 0.1) is 12.8 Å². The number of carbonyl (C=O) groups is 2. The zero-order valence-electron chi connectivity index (χ0n) is 19.0. The van der Waals surface area contributed by atoms with Gasteiger partial charge in [-0.25, -0.2) is 8.42 Å². The van der Waals surface area contributed by atoms with E-state index in [-0.39, 0.29) is 23.3 Å². The summed E-state index contributed by atoms with van der Waals surface area (Å²) in [6.45, 7) is 4.07. The van der Waals surface area contributed by atoms with Gasteiger partial charge < -0.3 is 10.2 Å². The number of anilines is 1. The van der Waals surface area contributed by atoms with E-state index in [2.05, 4.69) is 5.32 Å². The first-order valence-corrected chi connectivity index (χ1v) is 13.1. The maximum absolute atomic E-state index is 13.0. The summed E-state index contributed by atoms with van der Waals surface area (Å²) in [5.41, 5.74) is 2.21. The van der Waals surface area contributed by atoms with Gasteiger partial charge in [0.2, 0.25) is 15.9 Å². The van der Waals surface area contributed by atoms with Crippen LogP contribution in [0.2, 0.25) is 0 Å². The Hall–Kier alpha value is -2.71. The Morgan fingerprint density at radius 3 is 2.21 bits per heavy atom. The minimum absolute atomic E-state index is 0.0248. The van der Waals surface area contributed by atoms with E-state index in [1.807, 2.05) is 11.8 Å². The van der Waals surface area contributed by atoms with Crippen molar-refractivity contribution in [3.8, 4) is 0 Å². The van der Waals surface area contributed by atoms with Gasteiger partial charge in [-0.3, -0.25) is 9.59 Å². The third-order valence-corrected chi connectivity index (χ3v) is 8.34. The molecule has 0 aliphatic carbocycles. The number of nitrogens with zero attached hydrogens (tertiary/aromatic N) is 2. The quantitative estimate of drug-likeness (QED) is 0.724. The van der Waals surface area contributed by atoms with Crippen LogP contribution in [-0.2, 0) is 14.8 Å². The highest BCUT2D eigenvalue weighted by Crippen LogP contribution is 2.25. The molecule has 8 heteroatoms. The third-order valence-electron chi connectivity index (χ3n) is 6.46. The van der Waals surface area contributed by atoms with E-state index < -0.39 is 15.9 Å². The molecule has 1 unspecified atom stereocenters. The van der Waals surface area contributed by atoms with Gasteiger partial charge in [-0.05, 0) is 75.4 Å². The van der Waals surface area contributed by atoms with Gasteiger partial charge in [-0.2, -0.15) is 4.31 Å². The molecule has 2 aliphatic rings. The van der Waals surface area contributed by atoms with E-state index in [1.54, 1.807) is 48.5 Å². The molecule has 0 aromatic heterocycles. The maximum atomic E-state index is 13.0. The summed E-state index contributed by atoms with van der Waals surface area (Å²) in [4.78, 5) is 27.6. The van der Waals surface area contributed by atoms with E-state index in [4.69, 9.17) is 0 Å². The van der Waals surface area contributed by atoms with Crippen molar-refractivity contribution in [3.63, 3.8) is 0 Å². The van der Waals surface area contributed by atoms with Crippen molar-refractivity contribution in [2.24, 2.45) is 5.92 Å². The molecule has 2 fully saturated rings. The van der Waals surface area contributed by atoms with Gasteiger partial charge in [-0.15, -0.1) is 0 Å². The summed E-state index contributed by atoms with van der Waals surface area (Å²) in [6.07, 6.45) is 4.51. The van der Waals surface area contributed by atoms with Crippen LogP contribution in [-0.4, -0.2) is 55.6 Å². The fraction of sp³-hybridized carbons (Fsp3) is 0.440. The van der Waals surface area contributed by atoms with Crippen molar-refractivity contribution in [3.05, 3.63) is 59.7 Å². The van der Waals surface area contributed by atoms with Crippen molar-refractivity contribution < 1.29 is 18.0 Å². The largest absolute Gasteiger partial charge is 0.339 e. The number of piperidine rings is 2. The van der Waals surface area contributed by atoms with Crippen LogP contribution < -0.4 is 5.32 Å². The number of sulfonamides is 1. The fourth-order valence-corrected chi connectivity index (χ4v) is 5.98. The highest BCUT2D eigenvalue weighted by molar-refractivity contribution is 7.89. The molecule has 2 heterocycles. The molecule has 0 saturated carbocycles. The number of amides is 2. The first-order chi connectivity index (χ1) is 15.8. The SMILES string of the molecule is Cc1ccc(S(=O)(=O)N2CCCC(C(=O)Nc3ccc(C(=O)N4CCCCC4)cc3)C2)cc1. The van der Waals surface area contributed by atoms with Gasteiger partial charge in [-0.1, -0.05) is 17.7 Å². The van der Waals surface area contributed by atoms with Gasteiger partial charge >= 0.3 is 0 Å². The maximum Gasteiger partial charge on any atom is 0.253 e. The minimum atomic E-state index is -3.63. The van der Waals surface area contributed by atoms with Crippen LogP contribution in [0.3, 0.4) is 0 Å². The molecular formula is C25H31N3O4S. The molecule has 1 atom stereocenters. The van der Waals surface area contributed by atoms with Crippen molar-refractivity contribution in [2.45, 2.75) is 43.9 Å². The molecule has 2 amide bonds. The monoisotopic (exact) mass is 469 g/mol. The molecular weight excluding hydrogens is 438 g/mol. The number of hydrogen-bond donors (Lipinski definition) is 1.